The molecule has 0 heterocycles. The van der Waals surface area contributed by atoms with Crippen molar-refractivity contribution in [1.29, 1.82) is 0 Å². The van der Waals surface area contributed by atoms with Crippen molar-refractivity contribution in [3.8, 4) is 5.75 Å². The SMILES string of the molecule is Cc1ccc([N+](=O)[O-])c(OCC(=O)N(C)Cc2ccccc2F)c1. The minimum absolute atomic E-state index is 0.0349. The van der Waals surface area contributed by atoms with Gasteiger partial charge < -0.3 is 9.64 Å². The second-order valence-corrected chi connectivity index (χ2v) is 5.36. The maximum absolute atomic E-state index is 13.6. The summed E-state index contributed by atoms with van der Waals surface area (Å²) < 4.78 is 18.9. The number of carbonyl (C=O) groups is 1. The Morgan fingerprint density at radius 3 is 2.67 bits per heavy atom. The minimum atomic E-state index is -0.567. The Hall–Kier alpha value is -2.96. The minimum Gasteiger partial charge on any atom is -0.477 e. The lowest BCUT2D eigenvalue weighted by Crippen LogP contribution is -2.31. The molecule has 0 unspecified atom stereocenters. The van der Waals surface area contributed by atoms with Crippen LogP contribution in [0, 0.1) is 22.9 Å². The fourth-order valence-corrected chi connectivity index (χ4v) is 2.11. The lowest BCUT2D eigenvalue weighted by Gasteiger charge is -2.18. The van der Waals surface area contributed by atoms with Gasteiger partial charge in [0.1, 0.15) is 5.82 Å². The number of halogens is 1. The van der Waals surface area contributed by atoms with Crippen LogP contribution < -0.4 is 4.74 Å². The highest BCUT2D eigenvalue weighted by Gasteiger charge is 2.18. The zero-order chi connectivity index (χ0) is 17.7. The molecule has 126 valence electrons. The molecule has 0 N–H and O–H groups in total. The number of carbonyl (C=O) groups excluding carboxylic acids is 1. The Bertz CT molecular complexity index is 764. The van der Waals surface area contributed by atoms with Gasteiger partial charge in [-0.2, -0.15) is 0 Å². The van der Waals surface area contributed by atoms with Crippen LogP contribution >= 0.6 is 0 Å². The van der Waals surface area contributed by atoms with E-state index >= 15 is 0 Å². The highest BCUT2D eigenvalue weighted by Crippen LogP contribution is 2.27. The molecule has 0 bridgehead atoms. The van der Waals surface area contributed by atoms with Crippen molar-refractivity contribution in [2.45, 2.75) is 13.5 Å². The van der Waals surface area contributed by atoms with Gasteiger partial charge in [0.25, 0.3) is 5.91 Å². The summed E-state index contributed by atoms with van der Waals surface area (Å²) in [6.45, 7) is 1.49. The smallest absolute Gasteiger partial charge is 0.310 e. The predicted molar refractivity (Wildman–Crippen MR) is 86.2 cm³/mol. The molecule has 2 rings (SSSR count). The van der Waals surface area contributed by atoms with Gasteiger partial charge in [-0.1, -0.05) is 24.3 Å². The largest absolute Gasteiger partial charge is 0.477 e. The molecule has 0 aliphatic rings. The third-order valence-electron chi connectivity index (χ3n) is 3.45. The van der Waals surface area contributed by atoms with E-state index in [0.717, 1.165) is 5.56 Å². The predicted octanol–water partition coefficient (Wildman–Crippen LogP) is 3.08. The number of nitrogens with zero attached hydrogens (tertiary/aromatic N) is 2. The van der Waals surface area contributed by atoms with Crippen LogP contribution in [0.15, 0.2) is 42.5 Å². The highest BCUT2D eigenvalue weighted by molar-refractivity contribution is 5.77. The van der Waals surface area contributed by atoms with Gasteiger partial charge in [-0.15, -0.1) is 0 Å². The average Bonchev–Trinajstić information content (AvgIpc) is 2.54. The number of amides is 1. The van der Waals surface area contributed by atoms with Crippen molar-refractivity contribution >= 4 is 11.6 Å². The van der Waals surface area contributed by atoms with Gasteiger partial charge in [0.2, 0.25) is 0 Å². The van der Waals surface area contributed by atoms with Crippen LogP contribution in [0.1, 0.15) is 11.1 Å². The van der Waals surface area contributed by atoms with Gasteiger partial charge in [-0.3, -0.25) is 14.9 Å². The first-order chi connectivity index (χ1) is 11.4. The molecular weight excluding hydrogens is 315 g/mol. The van der Waals surface area contributed by atoms with Crippen LogP contribution in [-0.4, -0.2) is 29.4 Å². The zero-order valence-corrected chi connectivity index (χ0v) is 13.4. The Morgan fingerprint density at radius 2 is 2.00 bits per heavy atom. The molecule has 6 nitrogen and oxygen atoms in total. The second-order valence-electron chi connectivity index (χ2n) is 5.36. The van der Waals surface area contributed by atoms with Crippen LogP contribution in [0.3, 0.4) is 0 Å². The normalized spacial score (nSPS) is 10.3. The maximum Gasteiger partial charge on any atom is 0.310 e. The van der Waals surface area contributed by atoms with Crippen LogP contribution in [0.2, 0.25) is 0 Å². The summed E-state index contributed by atoms with van der Waals surface area (Å²) in [5.74, 6) is -0.769. The third kappa shape index (κ3) is 4.28. The molecule has 0 aliphatic heterocycles. The second kappa shape index (κ2) is 7.54. The standard InChI is InChI=1S/C17H17FN2O4/c1-12-7-8-15(20(22)23)16(9-12)24-11-17(21)19(2)10-13-5-3-4-6-14(13)18/h3-9H,10-11H2,1-2H3. The Morgan fingerprint density at radius 1 is 1.29 bits per heavy atom. The summed E-state index contributed by atoms with van der Waals surface area (Å²) in [7, 11) is 1.52. The van der Waals surface area contributed by atoms with Crippen LogP contribution in [0.4, 0.5) is 10.1 Å². The number of hydrogen-bond donors (Lipinski definition) is 0. The van der Waals surface area contributed by atoms with Crippen molar-refractivity contribution in [2.24, 2.45) is 0 Å². The molecular formula is C17H17FN2O4. The summed E-state index contributed by atoms with van der Waals surface area (Å²) in [5.41, 5.74) is 0.961. The average molecular weight is 332 g/mol. The molecule has 24 heavy (non-hydrogen) atoms. The number of benzene rings is 2. The first-order valence-electron chi connectivity index (χ1n) is 7.23. The molecule has 0 aromatic heterocycles. The molecule has 0 saturated heterocycles. The van der Waals surface area contributed by atoms with Crippen molar-refractivity contribution in [3.05, 3.63) is 69.5 Å². The van der Waals surface area contributed by atoms with Gasteiger partial charge in [-0.05, 0) is 24.6 Å². The fraction of sp³-hybridized carbons (Fsp3) is 0.235. The molecule has 0 saturated carbocycles. The highest BCUT2D eigenvalue weighted by atomic mass is 19.1. The fourth-order valence-electron chi connectivity index (χ4n) is 2.11. The summed E-state index contributed by atoms with van der Waals surface area (Å²) >= 11 is 0. The zero-order valence-electron chi connectivity index (χ0n) is 13.4. The van der Waals surface area contributed by atoms with Gasteiger partial charge in [0.15, 0.2) is 12.4 Å². The number of ether oxygens (including phenoxy) is 1. The number of hydrogen-bond acceptors (Lipinski definition) is 4. The molecule has 2 aromatic carbocycles. The van der Waals surface area contributed by atoms with Gasteiger partial charge >= 0.3 is 5.69 Å². The summed E-state index contributed by atoms with van der Waals surface area (Å²) in [6.07, 6.45) is 0. The van der Waals surface area contributed by atoms with Crippen molar-refractivity contribution in [2.75, 3.05) is 13.7 Å². The van der Waals surface area contributed by atoms with E-state index in [4.69, 9.17) is 4.74 Å². The Balaban J connectivity index is 2.02. The number of aryl methyl sites for hydroxylation is 1. The van der Waals surface area contributed by atoms with Gasteiger partial charge in [0, 0.05) is 25.2 Å². The maximum atomic E-state index is 13.6. The van der Waals surface area contributed by atoms with Crippen molar-refractivity contribution < 1.29 is 18.8 Å². The van der Waals surface area contributed by atoms with E-state index in [-0.39, 0.29) is 24.6 Å². The Kier molecular flexibility index (Phi) is 5.47. The number of rotatable bonds is 6. The lowest BCUT2D eigenvalue weighted by molar-refractivity contribution is -0.385. The first-order valence-corrected chi connectivity index (χ1v) is 7.23. The summed E-state index contributed by atoms with van der Waals surface area (Å²) in [5, 5.41) is 11.0. The molecule has 0 aliphatic carbocycles. The Labute approximate surface area is 138 Å². The van der Waals surface area contributed by atoms with Gasteiger partial charge in [-0.25, -0.2) is 4.39 Å². The van der Waals surface area contributed by atoms with E-state index in [1.54, 1.807) is 31.2 Å². The van der Waals surface area contributed by atoms with E-state index in [0.29, 0.717) is 5.56 Å². The molecule has 0 spiro atoms. The third-order valence-corrected chi connectivity index (χ3v) is 3.45. The summed E-state index contributed by atoms with van der Waals surface area (Å²) in [4.78, 5) is 23.8. The van der Waals surface area contributed by atoms with E-state index in [9.17, 15) is 19.3 Å². The summed E-state index contributed by atoms with van der Waals surface area (Å²) in [6, 6.07) is 10.6. The molecule has 0 atom stereocenters. The molecule has 0 radical (unpaired) electrons. The van der Waals surface area contributed by atoms with Gasteiger partial charge in [0.05, 0.1) is 4.92 Å². The molecule has 2 aromatic rings. The van der Waals surface area contributed by atoms with Crippen LogP contribution in [-0.2, 0) is 11.3 Å². The van der Waals surface area contributed by atoms with E-state index in [1.165, 1.54) is 30.1 Å². The van der Waals surface area contributed by atoms with E-state index in [2.05, 4.69) is 0 Å². The molecule has 0 fully saturated rings. The van der Waals surface area contributed by atoms with E-state index < -0.39 is 16.6 Å². The molecule has 1 amide bonds. The number of nitro benzene ring substituents is 1. The van der Waals surface area contributed by atoms with Crippen molar-refractivity contribution in [1.82, 2.24) is 4.90 Å². The number of nitro groups is 1. The monoisotopic (exact) mass is 332 g/mol. The lowest BCUT2D eigenvalue weighted by atomic mass is 10.2. The topological polar surface area (TPSA) is 72.7 Å². The number of likely N-dealkylation sites (N-methyl/N-ethyl adjacent to an activating group) is 1. The molecule has 7 heteroatoms. The van der Waals surface area contributed by atoms with E-state index in [1.807, 2.05) is 0 Å². The van der Waals surface area contributed by atoms with Crippen LogP contribution in [0.25, 0.3) is 0 Å². The van der Waals surface area contributed by atoms with Crippen LogP contribution in [0.5, 0.6) is 5.75 Å². The quantitative estimate of drug-likeness (QED) is 0.602. The first kappa shape index (κ1) is 17.4. The van der Waals surface area contributed by atoms with Crippen molar-refractivity contribution in [3.63, 3.8) is 0 Å².